The zero-order valence-electron chi connectivity index (χ0n) is 5.26. The van der Waals surface area contributed by atoms with Crippen LogP contribution in [0.3, 0.4) is 0 Å². The highest BCUT2D eigenvalue weighted by atomic mass is 16.5. The van der Waals surface area contributed by atoms with Crippen LogP contribution in [0.25, 0.3) is 0 Å². The van der Waals surface area contributed by atoms with E-state index in [2.05, 4.69) is 6.92 Å². The van der Waals surface area contributed by atoms with Crippen LogP contribution in [0.5, 0.6) is 0 Å². The van der Waals surface area contributed by atoms with Gasteiger partial charge in [-0.2, -0.15) is 0 Å². The van der Waals surface area contributed by atoms with Crippen LogP contribution < -0.4 is 0 Å². The molecule has 1 nitrogen and oxygen atoms in total. The summed E-state index contributed by atoms with van der Waals surface area (Å²) in [5.74, 6) is 0.917. The van der Waals surface area contributed by atoms with Crippen molar-refractivity contribution in [3.05, 3.63) is 0 Å². The molecule has 0 amide bonds. The smallest absolute Gasteiger partial charge is 0.0582 e. The Morgan fingerprint density at radius 2 is 2.25 bits per heavy atom. The highest BCUT2D eigenvalue weighted by Crippen LogP contribution is 2.39. The number of hydrogen-bond acceptors (Lipinski definition) is 1. The van der Waals surface area contributed by atoms with Gasteiger partial charge >= 0.3 is 0 Å². The van der Waals surface area contributed by atoms with Gasteiger partial charge in [-0.1, -0.05) is 0 Å². The molecule has 1 saturated carbocycles. The molecule has 1 saturated heterocycles. The number of ether oxygens (including phenoxy) is 1. The van der Waals surface area contributed by atoms with Crippen molar-refractivity contribution >= 4 is 0 Å². The Morgan fingerprint density at radius 1 is 1.38 bits per heavy atom. The molecule has 2 fully saturated rings. The van der Waals surface area contributed by atoms with E-state index >= 15 is 0 Å². The van der Waals surface area contributed by atoms with Gasteiger partial charge in [0.25, 0.3) is 0 Å². The van der Waals surface area contributed by atoms with E-state index in [1.165, 1.54) is 19.3 Å². The second kappa shape index (κ2) is 1.47. The Morgan fingerprint density at radius 3 is 2.50 bits per heavy atom. The minimum atomic E-state index is 0.578. The van der Waals surface area contributed by atoms with Crippen molar-refractivity contribution < 1.29 is 4.74 Å². The minimum absolute atomic E-state index is 0.578. The molecule has 0 aromatic heterocycles. The second-order valence-corrected chi connectivity index (χ2v) is 3.04. The van der Waals surface area contributed by atoms with Crippen molar-refractivity contribution in [2.45, 2.75) is 38.4 Å². The van der Waals surface area contributed by atoms with Crippen molar-refractivity contribution in [1.82, 2.24) is 0 Å². The molecular formula is C7H12O. The molecule has 0 aromatic carbocycles. The zero-order chi connectivity index (χ0) is 5.56. The lowest BCUT2D eigenvalue weighted by atomic mass is 10.0. The normalized spacial score (nSPS) is 52.9. The first-order chi connectivity index (χ1) is 3.86. The Balaban J connectivity index is 2.11. The van der Waals surface area contributed by atoms with Gasteiger partial charge in [-0.3, -0.25) is 0 Å². The van der Waals surface area contributed by atoms with E-state index in [1.54, 1.807) is 0 Å². The van der Waals surface area contributed by atoms with Crippen molar-refractivity contribution in [2.24, 2.45) is 5.92 Å². The highest BCUT2D eigenvalue weighted by molar-refractivity contribution is 4.86. The third-order valence-corrected chi connectivity index (χ3v) is 2.50. The third kappa shape index (κ3) is 0.510. The summed E-state index contributed by atoms with van der Waals surface area (Å²) in [6.45, 7) is 2.20. The molecule has 0 radical (unpaired) electrons. The van der Waals surface area contributed by atoms with Crippen molar-refractivity contribution in [2.75, 3.05) is 0 Å². The van der Waals surface area contributed by atoms with E-state index in [4.69, 9.17) is 4.74 Å². The predicted molar refractivity (Wildman–Crippen MR) is 31.7 cm³/mol. The fourth-order valence-electron chi connectivity index (χ4n) is 1.94. The van der Waals surface area contributed by atoms with Crippen LogP contribution >= 0.6 is 0 Å². The first-order valence-corrected chi connectivity index (χ1v) is 3.52. The molecule has 1 heteroatoms. The monoisotopic (exact) mass is 112 g/mol. The molecule has 46 valence electrons. The fourth-order valence-corrected chi connectivity index (χ4v) is 1.94. The lowest BCUT2D eigenvalue weighted by Crippen LogP contribution is -2.16. The van der Waals surface area contributed by atoms with Crippen LogP contribution in [0.4, 0.5) is 0 Å². The largest absolute Gasteiger partial charge is 0.375 e. The molecule has 1 heterocycles. The van der Waals surface area contributed by atoms with Gasteiger partial charge in [0.05, 0.1) is 12.2 Å². The summed E-state index contributed by atoms with van der Waals surface area (Å²) in [7, 11) is 0. The van der Waals surface area contributed by atoms with Gasteiger partial charge in [-0.15, -0.1) is 0 Å². The maximum atomic E-state index is 5.56. The summed E-state index contributed by atoms with van der Waals surface area (Å²) >= 11 is 0. The topological polar surface area (TPSA) is 9.23 Å². The van der Waals surface area contributed by atoms with E-state index in [0.717, 1.165) is 5.92 Å². The number of rotatable bonds is 0. The van der Waals surface area contributed by atoms with Crippen LogP contribution in [0.2, 0.25) is 0 Å². The van der Waals surface area contributed by atoms with Crippen LogP contribution in [0, 0.1) is 5.92 Å². The van der Waals surface area contributed by atoms with Gasteiger partial charge in [0.1, 0.15) is 0 Å². The van der Waals surface area contributed by atoms with E-state index in [-0.39, 0.29) is 0 Å². The molecule has 0 N–H and O–H groups in total. The zero-order valence-corrected chi connectivity index (χ0v) is 5.26. The lowest BCUT2D eigenvalue weighted by molar-refractivity contribution is 0.0156. The molecule has 3 unspecified atom stereocenters. The van der Waals surface area contributed by atoms with E-state index in [0.29, 0.717) is 12.2 Å². The first-order valence-electron chi connectivity index (χ1n) is 3.52. The van der Waals surface area contributed by atoms with E-state index in [1.807, 2.05) is 0 Å². The Kier molecular flexibility index (Phi) is 0.884. The Labute approximate surface area is 50.0 Å². The number of hydrogen-bond donors (Lipinski definition) is 0. The highest BCUT2D eigenvalue weighted by Gasteiger charge is 2.37. The molecular weight excluding hydrogens is 100 g/mol. The maximum absolute atomic E-state index is 5.56. The summed E-state index contributed by atoms with van der Waals surface area (Å²) in [6.07, 6.45) is 5.32. The third-order valence-electron chi connectivity index (χ3n) is 2.50. The summed E-state index contributed by atoms with van der Waals surface area (Å²) in [4.78, 5) is 0. The van der Waals surface area contributed by atoms with E-state index in [9.17, 15) is 0 Å². The van der Waals surface area contributed by atoms with E-state index < -0.39 is 0 Å². The predicted octanol–water partition coefficient (Wildman–Crippen LogP) is 1.57. The van der Waals surface area contributed by atoms with Crippen LogP contribution in [-0.2, 0) is 4.74 Å². The molecule has 1 aliphatic carbocycles. The minimum Gasteiger partial charge on any atom is -0.375 e. The summed E-state index contributed by atoms with van der Waals surface area (Å²) in [6, 6.07) is 0. The van der Waals surface area contributed by atoms with Gasteiger partial charge in [-0.25, -0.2) is 0 Å². The van der Waals surface area contributed by atoms with Gasteiger partial charge < -0.3 is 4.74 Å². The quantitative estimate of drug-likeness (QED) is 0.462. The molecule has 1 aliphatic heterocycles. The first kappa shape index (κ1) is 4.80. The Hall–Kier alpha value is -0.0400. The lowest BCUT2D eigenvalue weighted by Gasteiger charge is -2.16. The van der Waals surface area contributed by atoms with Crippen LogP contribution in [0.15, 0.2) is 0 Å². The second-order valence-electron chi connectivity index (χ2n) is 3.04. The molecule has 0 spiro atoms. The number of fused-ring (bicyclic) bond motifs is 2. The van der Waals surface area contributed by atoms with Crippen molar-refractivity contribution in [1.29, 1.82) is 0 Å². The Bertz CT molecular complexity index is 98.6. The van der Waals surface area contributed by atoms with Gasteiger partial charge in [-0.05, 0) is 32.1 Å². The van der Waals surface area contributed by atoms with Crippen LogP contribution in [0.1, 0.15) is 26.2 Å². The summed E-state index contributed by atoms with van der Waals surface area (Å²) in [5, 5.41) is 0. The standard InChI is InChI=1S/C7H12O/c1-5-6-2-3-7(4-6)8-5/h5-7H,2-4H2,1H3. The maximum Gasteiger partial charge on any atom is 0.0582 e. The summed E-state index contributed by atoms with van der Waals surface area (Å²) in [5.41, 5.74) is 0. The molecule has 2 aliphatic rings. The average Bonchev–Trinajstić information content (AvgIpc) is 2.23. The summed E-state index contributed by atoms with van der Waals surface area (Å²) < 4.78 is 5.56. The SMILES string of the molecule is CC1OC2CCC1C2. The van der Waals surface area contributed by atoms with Gasteiger partial charge in [0.15, 0.2) is 0 Å². The molecule has 2 bridgehead atoms. The molecule has 3 atom stereocenters. The molecule has 0 aromatic rings. The van der Waals surface area contributed by atoms with Gasteiger partial charge in [0.2, 0.25) is 0 Å². The fraction of sp³-hybridized carbons (Fsp3) is 1.00. The van der Waals surface area contributed by atoms with Crippen molar-refractivity contribution in [3.63, 3.8) is 0 Å². The molecule has 2 rings (SSSR count). The van der Waals surface area contributed by atoms with Crippen molar-refractivity contribution in [3.8, 4) is 0 Å². The van der Waals surface area contributed by atoms with Gasteiger partial charge in [0, 0.05) is 0 Å². The molecule has 8 heavy (non-hydrogen) atoms. The average molecular weight is 112 g/mol. The van der Waals surface area contributed by atoms with Crippen LogP contribution in [-0.4, -0.2) is 12.2 Å².